The van der Waals surface area contributed by atoms with E-state index >= 15 is 0 Å². The Morgan fingerprint density at radius 1 is 1.40 bits per heavy atom. The lowest BCUT2D eigenvalue weighted by molar-refractivity contribution is -0.120. The molecule has 20 heavy (non-hydrogen) atoms. The topological polar surface area (TPSA) is 92.4 Å². The van der Waals surface area contributed by atoms with Gasteiger partial charge in [0.05, 0.1) is 22.2 Å². The molecular formula is C14H19ClN2O3. The Bertz CT molecular complexity index is 503. The molecule has 5 nitrogen and oxygen atoms in total. The van der Waals surface area contributed by atoms with Crippen LogP contribution in [0.3, 0.4) is 0 Å². The van der Waals surface area contributed by atoms with Gasteiger partial charge in [0.25, 0.3) is 0 Å². The number of carboxylic acid groups (broad SMARTS) is 1. The first kappa shape index (κ1) is 16.5. The number of carboxylic acids is 1. The summed E-state index contributed by atoms with van der Waals surface area (Å²) in [7, 11) is 0. The summed E-state index contributed by atoms with van der Waals surface area (Å²) in [5, 5.41) is 11.9. The number of nitrogens with two attached hydrogens (primary N) is 1. The first-order chi connectivity index (χ1) is 9.35. The van der Waals surface area contributed by atoms with Crippen LogP contribution >= 0.6 is 11.6 Å². The summed E-state index contributed by atoms with van der Waals surface area (Å²) in [6.45, 7) is 4.25. The van der Waals surface area contributed by atoms with Crippen LogP contribution in [0.25, 0.3) is 0 Å². The Kier molecular flexibility index (Phi) is 5.98. The second-order valence-electron chi connectivity index (χ2n) is 5.05. The Morgan fingerprint density at radius 3 is 2.55 bits per heavy atom. The summed E-state index contributed by atoms with van der Waals surface area (Å²) in [4.78, 5) is 23.0. The molecule has 4 N–H and O–H groups in total. The van der Waals surface area contributed by atoms with Gasteiger partial charge in [0.15, 0.2) is 0 Å². The highest BCUT2D eigenvalue weighted by Gasteiger charge is 2.19. The Hall–Kier alpha value is -1.59. The van der Waals surface area contributed by atoms with Gasteiger partial charge in [-0.15, -0.1) is 0 Å². The smallest absolute Gasteiger partial charge is 0.335 e. The predicted molar refractivity (Wildman–Crippen MR) is 79.0 cm³/mol. The van der Waals surface area contributed by atoms with Crippen LogP contribution in [0.4, 0.5) is 5.69 Å². The normalized spacial score (nSPS) is 12.2. The number of hydrogen-bond acceptors (Lipinski definition) is 3. The van der Waals surface area contributed by atoms with E-state index in [0.717, 1.165) is 0 Å². The Labute approximate surface area is 123 Å². The second-order valence-corrected chi connectivity index (χ2v) is 5.46. The molecule has 0 heterocycles. The van der Waals surface area contributed by atoms with Gasteiger partial charge in [-0.3, -0.25) is 4.79 Å². The van der Waals surface area contributed by atoms with Gasteiger partial charge < -0.3 is 16.2 Å². The van der Waals surface area contributed by atoms with Crippen molar-refractivity contribution >= 4 is 29.2 Å². The van der Waals surface area contributed by atoms with Crippen molar-refractivity contribution in [2.24, 2.45) is 17.6 Å². The van der Waals surface area contributed by atoms with Crippen LogP contribution < -0.4 is 11.1 Å². The summed E-state index contributed by atoms with van der Waals surface area (Å²) in [5.41, 5.74) is 5.96. The number of benzene rings is 1. The number of aromatic carboxylic acids is 1. The predicted octanol–water partition coefficient (Wildman–Crippen LogP) is 2.60. The van der Waals surface area contributed by atoms with E-state index in [1.54, 1.807) is 0 Å². The van der Waals surface area contributed by atoms with Gasteiger partial charge in [-0.2, -0.15) is 0 Å². The third-order valence-corrected chi connectivity index (χ3v) is 3.21. The largest absolute Gasteiger partial charge is 0.478 e. The van der Waals surface area contributed by atoms with Crippen LogP contribution in [0.5, 0.6) is 0 Å². The highest BCUT2D eigenvalue weighted by atomic mass is 35.5. The van der Waals surface area contributed by atoms with Crippen molar-refractivity contribution in [2.75, 3.05) is 11.9 Å². The van der Waals surface area contributed by atoms with Crippen LogP contribution in [0, 0.1) is 11.8 Å². The number of carbonyl (C=O) groups is 2. The first-order valence-electron chi connectivity index (χ1n) is 6.39. The first-order valence-corrected chi connectivity index (χ1v) is 6.76. The van der Waals surface area contributed by atoms with Crippen molar-refractivity contribution in [1.29, 1.82) is 0 Å². The van der Waals surface area contributed by atoms with E-state index in [4.69, 9.17) is 22.4 Å². The fraction of sp³-hybridized carbons (Fsp3) is 0.429. The lowest BCUT2D eigenvalue weighted by Crippen LogP contribution is -2.30. The van der Waals surface area contributed by atoms with E-state index in [-0.39, 0.29) is 23.9 Å². The van der Waals surface area contributed by atoms with Gasteiger partial charge in [-0.05, 0) is 30.5 Å². The number of halogens is 1. The van der Waals surface area contributed by atoms with Gasteiger partial charge in [0.2, 0.25) is 5.91 Å². The van der Waals surface area contributed by atoms with Crippen molar-refractivity contribution in [3.63, 3.8) is 0 Å². The van der Waals surface area contributed by atoms with Crippen molar-refractivity contribution in [2.45, 2.75) is 20.3 Å². The minimum Gasteiger partial charge on any atom is -0.478 e. The van der Waals surface area contributed by atoms with E-state index in [9.17, 15) is 9.59 Å². The molecule has 0 aliphatic rings. The van der Waals surface area contributed by atoms with Crippen LogP contribution in [0.15, 0.2) is 18.2 Å². The van der Waals surface area contributed by atoms with E-state index in [0.29, 0.717) is 23.0 Å². The molecule has 1 rings (SSSR count). The highest BCUT2D eigenvalue weighted by Crippen LogP contribution is 2.24. The summed E-state index contributed by atoms with van der Waals surface area (Å²) in [6.07, 6.45) is 0.665. The molecule has 0 aliphatic carbocycles. The number of hydrogen-bond donors (Lipinski definition) is 3. The maximum atomic E-state index is 12.1. The molecule has 0 aliphatic heterocycles. The molecule has 0 radical (unpaired) electrons. The molecule has 110 valence electrons. The quantitative estimate of drug-likeness (QED) is 0.752. The molecule has 1 unspecified atom stereocenters. The van der Waals surface area contributed by atoms with Gasteiger partial charge in [-0.25, -0.2) is 4.79 Å². The lowest BCUT2D eigenvalue weighted by atomic mass is 9.96. The zero-order valence-corrected chi connectivity index (χ0v) is 12.3. The van der Waals surface area contributed by atoms with E-state index in [1.165, 1.54) is 18.2 Å². The van der Waals surface area contributed by atoms with Crippen molar-refractivity contribution in [1.82, 2.24) is 0 Å². The summed E-state index contributed by atoms with van der Waals surface area (Å²) in [6, 6.07) is 4.17. The fourth-order valence-corrected chi connectivity index (χ4v) is 2.03. The Balaban J connectivity index is 2.88. The molecule has 0 spiro atoms. The van der Waals surface area contributed by atoms with Crippen LogP contribution in [-0.4, -0.2) is 23.5 Å². The average molecular weight is 299 g/mol. The van der Waals surface area contributed by atoms with E-state index in [2.05, 4.69) is 5.32 Å². The monoisotopic (exact) mass is 298 g/mol. The zero-order chi connectivity index (χ0) is 15.3. The highest BCUT2D eigenvalue weighted by molar-refractivity contribution is 6.33. The van der Waals surface area contributed by atoms with Crippen molar-refractivity contribution < 1.29 is 14.7 Å². The lowest BCUT2D eigenvalue weighted by Gasteiger charge is -2.17. The number of carbonyl (C=O) groups excluding carboxylic acids is 1. The maximum absolute atomic E-state index is 12.1. The summed E-state index contributed by atoms with van der Waals surface area (Å²) < 4.78 is 0. The van der Waals surface area contributed by atoms with Gasteiger partial charge in [-0.1, -0.05) is 25.4 Å². The summed E-state index contributed by atoms with van der Waals surface area (Å²) >= 11 is 5.96. The van der Waals surface area contributed by atoms with Gasteiger partial charge >= 0.3 is 5.97 Å². The number of nitrogens with one attached hydrogen (secondary N) is 1. The number of amides is 1. The van der Waals surface area contributed by atoms with Gasteiger partial charge in [0, 0.05) is 6.54 Å². The number of anilines is 1. The maximum Gasteiger partial charge on any atom is 0.335 e. The van der Waals surface area contributed by atoms with Crippen LogP contribution in [0.1, 0.15) is 30.6 Å². The van der Waals surface area contributed by atoms with Crippen LogP contribution in [-0.2, 0) is 4.79 Å². The third-order valence-electron chi connectivity index (χ3n) is 2.88. The molecule has 0 aromatic heterocycles. The molecule has 1 amide bonds. The molecule has 0 saturated heterocycles. The third kappa shape index (κ3) is 4.51. The molecule has 0 fully saturated rings. The van der Waals surface area contributed by atoms with Crippen LogP contribution in [0.2, 0.25) is 5.02 Å². The fourth-order valence-electron chi connectivity index (χ4n) is 1.87. The molecule has 1 aromatic rings. The molecule has 0 saturated carbocycles. The molecular weight excluding hydrogens is 280 g/mol. The Morgan fingerprint density at radius 2 is 2.05 bits per heavy atom. The van der Waals surface area contributed by atoms with E-state index in [1.807, 2.05) is 13.8 Å². The molecule has 6 heteroatoms. The summed E-state index contributed by atoms with van der Waals surface area (Å²) in [5.74, 6) is -1.30. The van der Waals surface area contributed by atoms with Gasteiger partial charge in [0.1, 0.15) is 0 Å². The minimum absolute atomic E-state index is 0.0675. The number of rotatable bonds is 6. The SMILES string of the molecule is CC(C)CC(CN)C(=O)Nc1cc(C(=O)O)ccc1Cl. The second kappa shape index (κ2) is 7.26. The minimum atomic E-state index is -1.07. The van der Waals surface area contributed by atoms with E-state index < -0.39 is 5.97 Å². The molecule has 0 bridgehead atoms. The average Bonchev–Trinajstić information content (AvgIpc) is 2.37. The standard InChI is InChI=1S/C14H19ClN2O3/c1-8(2)5-10(7-16)13(18)17-12-6-9(14(19)20)3-4-11(12)15/h3-4,6,8,10H,5,7,16H2,1-2H3,(H,17,18)(H,19,20). The zero-order valence-electron chi connectivity index (χ0n) is 11.5. The van der Waals surface area contributed by atoms with Crippen molar-refractivity contribution in [3.8, 4) is 0 Å². The molecule has 1 atom stereocenters. The molecule has 1 aromatic carbocycles. The van der Waals surface area contributed by atoms with Crippen molar-refractivity contribution in [3.05, 3.63) is 28.8 Å².